The molecule has 0 bridgehead atoms. The number of aliphatic hydroxyl groups is 1. The van der Waals surface area contributed by atoms with E-state index in [2.05, 4.69) is 9.97 Å². The van der Waals surface area contributed by atoms with Gasteiger partial charge in [-0.15, -0.1) is 0 Å². The normalized spacial score (nSPS) is 19.2. The Morgan fingerprint density at radius 1 is 1.35 bits per heavy atom. The molecule has 104 valence electrons. The third kappa shape index (κ3) is 2.30. The summed E-state index contributed by atoms with van der Waals surface area (Å²) in [5.74, 6) is -0.217. The number of piperidine rings is 1. The molecule has 0 amide bonds. The molecule has 2 N–H and O–H groups in total. The minimum atomic E-state index is -0.972. The van der Waals surface area contributed by atoms with Gasteiger partial charge in [0, 0.05) is 18.5 Å². The summed E-state index contributed by atoms with van der Waals surface area (Å²) in [5.41, 5.74) is 0.816. The second kappa shape index (κ2) is 5.05. The Balaban J connectivity index is 2.05. The molecule has 0 radical (unpaired) electrons. The number of hydrogen-bond acceptors (Lipinski definition) is 5. The quantitative estimate of drug-likeness (QED) is 0.857. The molecule has 0 spiro atoms. The molecule has 6 heteroatoms. The molecule has 6 nitrogen and oxygen atoms in total. The standard InChI is InChI=1S/C14H15N3O3/c18-10-2-1-5-17(7-10)13-11-4-3-9(14(19)20)6-12(11)15-8-16-13/h3-4,6,8,10,18H,1-2,5,7H2,(H,19,20). The smallest absolute Gasteiger partial charge is 0.335 e. The van der Waals surface area contributed by atoms with E-state index in [1.165, 1.54) is 6.33 Å². The van der Waals surface area contributed by atoms with E-state index in [1.54, 1.807) is 18.2 Å². The highest BCUT2D eigenvalue weighted by molar-refractivity contribution is 5.96. The van der Waals surface area contributed by atoms with Crippen LogP contribution < -0.4 is 4.90 Å². The van der Waals surface area contributed by atoms with Crippen LogP contribution in [0.25, 0.3) is 10.9 Å². The van der Waals surface area contributed by atoms with Crippen molar-refractivity contribution < 1.29 is 15.0 Å². The molecule has 1 unspecified atom stereocenters. The topological polar surface area (TPSA) is 86.5 Å². The number of carboxylic acid groups (broad SMARTS) is 1. The van der Waals surface area contributed by atoms with Crippen LogP contribution in [0.1, 0.15) is 23.2 Å². The van der Waals surface area contributed by atoms with Gasteiger partial charge in [0.1, 0.15) is 12.1 Å². The molecule has 1 aromatic heterocycles. The highest BCUT2D eigenvalue weighted by atomic mass is 16.4. The number of aliphatic hydroxyl groups excluding tert-OH is 1. The molecular weight excluding hydrogens is 258 g/mol. The average Bonchev–Trinajstić information content (AvgIpc) is 2.46. The first-order valence-corrected chi connectivity index (χ1v) is 6.56. The van der Waals surface area contributed by atoms with Crippen LogP contribution in [0.4, 0.5) is 5.82 Å². The zero-order chi connectivity index (χ0) is 14.1. The summed E-state index contributed by atoms with van der Waals surface area (Å²) in [5, 5.41) is 19.6. The lowest BCUT2D eigenvalue weighted by atomic mass is 10.1. The van der Waals surface area contributed by atoms with Crippen LogP contribution in [0.5, 0.6) is 0 Å². The summed E-state index contributed by atoms with van der Waals surface area (Å²) in [6, 6.07) is 4.83. The lowest BCUT2D eigenvalue weighted by Crippen LogP contribution is -2.38. The lowest BCUT2D eigenvalue weighted by Gasteiger charge is -2.31. The third-order valence-corrected chi connectivity index (χ3v) is 3.56. The fourth-order valence-electron chi connectivity index (χ4n) is 2.57. The number of benzene rings is 1. The number of β-amino-alcohol motifs (C(OH)–C–C–N with tert-alkyl or cyclic N) is 1. The first kappa shape index (κ1) is 12.8. The van der Waals surface area contributed by atoms with Crippen molar-refractivity contribution in [3.63, 3.8) is 0 Å². The molecule has 20 heavy (non-hydrogen) atoms. The largest absolute Gasteiger partial charge is 0.478 e. The fourth-order valence-corrected chi connectivity index (χ4v) is 2.57. The van der Waals surface area contributed by atoms with E-state index in [-0.39, 0.29) is 11.7 Å². The van der Waals surface area contributed by atoms with E-state index in [4.69, 9.17) is 5.11 Å². The number of carbonyl (C=O) groups is 1. The van der Waals surface area contributed by atoms with Crippen molar-refractivity contribution in [1.29, 1.82) is 0 Å². The maximum atomic E-state index is 11.0. The Morgan fingerprint density at radius 3 is 2.95 bits per heavy atom. The van der Waals surface area contributed by atoms with E-state index in [0.29, 0.717) is 12.1 Å². The minimum Gasteiger partial charge on any atom is -0.478 e. The minimum absolute atomic E-state index is 0.209. The zero-order valence-corrected chi connectivity index (χ0v) is 10.9. The summed E-state index contributed by atoms with van der Waals surface area (Å²) in [6.07, 6.45) is 2.82. The van der Waals surface area contributed by atoms with Crippen molar-refractivity contribution in [2.75, 3.05) is 18.0 Å². The predicted molar refractivity (Wildman–Crippen MR) is 74.0 cm³/mol. The van der Waals surface area contributed by atoms with E-state index < -0.39 is 5.97 Å². The Morgan fingerprint density at radius 2 is 2.20 bits per heavy atom. The monoisotopic (exact) mass is 273 g/mol. The number of carboxylic acids is 1. The number of nitrogens with zero attached hydrogens (tertiary/aromatic N) is 3. The van der Waals surface area contributed by atoms with Gasteiger partial charge in [-0.1, -0.05) is 0 Å². The van der Waals surface area contributed by atoms with Crippen molar-refractivity contribution in [1.82, 2.24) is 9.97 Å². The first-order valence-electron chi connectivity index (χ1n) is 6.56. The number of rotatable bonds is 2. The van der Waals surface area contributed by atoms with E-state index in [0.717, 1.165) is 30.6 Å². The number of anilines is 1. The van der Waals surface area contributed by atoms with Crippen LogP contribution >= 0.6 is 0 Å². The van der Waals surface area contributed by atoms with Crippen LogP contribution in [-0.2, 0) is 0 Å². The highest BCUT2D eigenvalue weighted by Gasteiger charge is 2.20. The molecule has 3 rings (SSSR count). The van der Waals surface area contributed by atoms with Gasteiger partial charge in [-0.05, 0) is 31.0 Å². The van der Waals surface area contributed by atoms with Crippen molar-refractivity contribution in [2.24, 2.45) is 0 Å². The summed E-state index contributed by atoms with van der Waals surface area (Å²) in [4.78, 5) is 21.4. The summed E-state index contributed by atoms with van der Waals surface area (Å²) < 4.78 is 0. The van der Waals surface area contributed by atoms with Crippen LogP contribution in [0.3, 0.4) is 0 Å². The molecule has 0 saturated carbocycles. The predicted octanol–water partition coefficient (Wildman–Crippen LogP) is 1.29. The van der Waals surface area contributed by atoms with Gasteiger partial charge in [0.05, 0.1) is 17.2 Å². The molecule has 1 atom stereocenters. The summed E-state index contributed by atoms with van der Waals surface area (Å²) in [7, 11) is 0. The van der Waals surface area contributed by atoms with Gasteiger partial charge in [-0.2, -0.15) is 0 Å². The SMILES string of the molecule is O=C(O)c1ccc2c(N3CCCC(O)C3)ncnc2c1. The van der Waals surface area contributed by atoms with Gasteiger partial charge >= 0.3 is 5.97 Å². The average molecular weight is 273 g/mol. The number of aromatic nitrogens is 2. The van der Waals surface area contributed by atoms with E-state index in [9.17, 15) is 9.90 Å². The Bertz CT molecular complexity index is 659. The molecule has 2 aromatic rings. The van der Waals surface area contributed by atoms with Crippen LogP contribution in [-0.4, -0.2) is 45.3 Å². The summed E-state index contributed by atoms with van der Waals surface area (Å²) in [6.45, 7) is 1.39. The number of aromatic carboxylic acids is 1. The zero-order valence-electron chi connectivity index (χ0n) is 10.9. The Labute approximate surface area is 115 Å². The molecule has 1 aliphatic heterocycles. The van der Waals surface area contributed by atoms with Gasteiger partial charge in [0.15, 0.2) is 0 Å². The second-order valence-corrected chi connectivity index (χ2v) is 4.98. The fraction of sp³-hybridized carbons (Fsp3) is 0.357. The molecule has 1 aliphatic rings. The van der Waals surface area contributed by atoms with Crippen LogP contribution in [0.2, 0.25) is 0 Å². The molecule has 2 heterocycles. The molecular formula is C14H15N3O3. The van der Waals surface area contributed by atoms with Crippen LogP contribution in [0, 0.1) is 0 Å². The maximum Gasteiger partial charge on any atom is 0.335 e. The molecule has 1 aromatic carbocycles. The second-order valence-electron chi connectivity index (χ2n) is 4.98. The maximum absolute atomic E-state index is 11.0. The summed E-state index contributed by atoms with van der Waals surface area (Å²) >= 11 is 0. The first-order chi connectivity index (χ1) is 9.65. The van der Waals surface area contributed by atoms with Gasteiger partial charge in [-0.25, -0.2) is 14.8 Å². The van der Waals surface area contributed by atoms with Gasteiger partial charge in [0.2, 0.25) is 0 Å². The van der Waals surface area contributed by atoms with Crippen molar-refractivity contribution in [2.45, 2.75) is 18.9 Å². The molecule has 0 aliphatic carbocycles. The molecule has 1 saturated heterocycles. The Kier molecular flexibility index (Phi) is 3.23. The van der Waals surface area contributed by atoms with E-state index in [1.807, 2.05) is 4.90 Å². The molecule has 1 fully saturated rings. The van der Waals surface area contributed by atoms with E-state index >= 15 is 0 Å². The Hall–Kier alpha value is -2.21. The van der Waals surface area contributed by atoms with Gasteiger partial charge < -0.3 is 15.1 Å². The lowest BCUT2D eigenvalue weighted by molar-refractivity contribution is 0.0697. The van der Waals surface area contributed by atoms with Crippen molar-refractivity contribution in [3.8, 4) is 0 Å². The highest BCUT2D eigenvalue weighted by Crippen LogP contribution is 2.26. The van der Waals surface area contributed by atoms with Gasteiger partial charge in [0.25, 0.3) is 0 Å². The third-order valence-electron chi connectivity index (χ3n) is 3.56. The van der Waals surface area contributed by atoms with Crippen LogP contribution in [0.15, 0.2) is 24.5 Å². The van der Waals surface area contributed by atoms with Crippen molar-refractivity contribution in [3.05, 3.63) is 30.1 Å². The number of fused-ring (bicyclic) bond motifs is 1. The number of hydrogen-bond donors (Lipinski definition) is 2. The van der Waals surface area contributed by atoms with Gasteiger partial charge in [-0.3, -0.25) is 0 Å². The van der Waals surface area contributed by atoms with Crippen molar-refractivity contribution >= 4 is 22.7 Å².